The molecule has 4 aromatic heterocycles. The van der Waals surface area contributed by atoms with Gasteiger partial charge in [0.2, 0.25) is 0 Å². The summed E-state index contributed by atoms with van der Waals surface area (Å²) in [5.41, 5.74) is 5.28. The molecule has 1 atom stereocenters. The SMILES string of the molecule is CC(C)(O)C1CCC(N2Cc3cc(NC(=O)c4cnn5cccnc45)c(N4CCOC(c5nn6cccnc6c5C(=O)Nc5cc6c(cc5N5CCOCC5)C(=O)N(C5CCC(C(C)(C)O)CC5)C6)C4)cc3C2=O)CC1. The number of fused-ring (bicyclic) bond motifs is 4. The highest BCUT2D eigenvalue weighted by atomic mass is 16.5. The summed E-state index contributed by atoms with van der Waals surface area (Å²) in [6.45, 7) is 11.2. The number of anilines is 4. The fourth-order valence-electron chi connectivity index (χ4n) is 12.8. The van der Waals surface area contributed by atoms with Gasteiger partial charge in [-0.3, -0.25) is 19.2 Å². The molecule has 2 saturated carbocycles. The summed E-state index contributed by atoms with van der Waals surface area (Å²) in [5, 5.41) is 37.2. The number of nitrogens with one attached hydrogen (secondary N) is 2. The molecule has 20 heteroatoms. The highest BCUT2D eigenvalue weighted by Crippen LogP contribution is 2.43. The van der Waals surface area contributed by atoms with Crippen LogP contribution in [0.3, 0.4) is 0 Å². The summed E-state index contributed by atoms with van der Waals surface area (Å²) >= 11 is 0. The Morgan fingerprint density at radius 2 is 1.18 bits per heavy atom. The summed E-state index contributed by atoms with van der Waals surface area (Å²) in [4.78, 5) is 75.4. The quantitative estimate of drug-likeness (QED) is 0.112. The molecule has 4 N–H and O–H groups in total. The molecule has 20 nitrogen and oxygen atoms in total. The molecule has 1 unspecified atom stereocenters. The fraction of sp³-hybridized carbons (Fsp3) is 0.500. The molecule has 0 radical (unpaired) electrons. The van der Waals surface area contributed by atoms with E-state index in [1.807, 2.05) is 61.8 Å². The lowest BCUT2D eigenvalue weighted by atomic mass is 9.77. The van der Waals surface area contributed by atoms with Crippen molar-refractivity contribution in [1.82, 2.24) is 39.0 Å². The topological polar surface area (TPSA) is 225 Å². The van der Waals surface area contributed by atoms with Crippen LogP contribution in [-0.4, -0.2) is 142 Å². The van der Waals surface area contributed by atoms with Gasteiger partial charge >= 0.3 is 0 Å². The van der Waals surface area contributed by atoms with Crippen LogP contribution < -0.4 is 20.4 Å². The minimum Gasteiger partial charge on any atom is -0.390 e. The van der Waals surface area contributed by atoms with Gasteiger partial charge in [-0.2, -0.15) is 10.2 Å². The summed E-state index contributed by atoms with van der Waals surface area (Å²) in [7, 11) is 0. The Morgan fingerprint density at radius 3 is 1.76 bits per heavy atom. The van der Waals surface area contributed by atoms with Crippen molar-refractivity contribution in [2.24, 2.45) is 11.8 Å². The largest absolute Gasteiger partial charge is 0.390 e. The molecular weight excluding hydrogens is 969 g/mol. The summed E-state index contributed by atoms with van der Waals surface area (Å²) < 4.78 is 15.4. The maximum absolute atomic E-state index is 15.2. The number of nitrogens with zero attached hydrogens (tertiary/aromatic N) is 10. The average molecular weight is 1040 g/mol. The first-order chi connectivity index (χ1) is 36.6. The lowest BCUT2D eigenvalue weighted by Gasteiger charge is -2.39. The van der Waals surface area contributed by atoms with E-state index >= 15 is 4.79 Å². The number of hydrogen-bond acceptors (Lipinski definition) is 14. The third kappa shape index (κ3) is 9.21. The smallest absolute Gasteiger partial charge is 0.261 e. The van der Waals surface area contributed by atoms with Crippen molar-refractivity contribution in [3.8, 4) is 0 Å². The van der Waals surface area contributed by atoms with Crippen molar-refractivity contribution in [3.63, 3.8) is 0 Å². The molecule has 6 aliphatic rings. The van der Waals surface area contributed by atoms with Gasteiger partial charge in [0.15, 0.2) is 11.3 Å². The summed E-state index contributed by atoms with van der Waals surface area (Å²) in [5.74, 6) is -0.616. The van der Waals surface area contributed by atoms with Gasteiger partial charge in [0, 0.05) is 80.7 Å². The van der Waals surface area contributed by atoms with Gasteiger partial charge < -0.3 is 49.9 Å². The van der Waals surface area contributed by atoms with Crippen LogP contribution in [0.5, 0.6) is 0 Å². The molecule has 76 heavy (non-hydrogen) atoms. The number of hydrogen-bond donors (Lipinski definition) is 4. The number of amides is 4. The van der Waals surface area contributed by atoms with Crippen LogP contribution in [0.4, 0.5) is 22.7 Å². The first kappa shape index (κ1) is 49.9. The van der Waals surface area contributed by atoms with Crippen LogP contribution in [0.1, 0.15) is 143 Å². The second kappa shape index (κ2) is 19.5. The zero-order valence-corrected chi connectivity index (χ0v) is 43.6. The zero-order valence-electron chi connectivity index (χ0n) is 43.6. The normalized spacial score (nSPS) is 23.4. The van der Waals surface area contributed by atoms with Gasteiger partial charge in [-0.25, -0.2) is 19.0 Å². The van der Waals surface area contributed by atoms with E-state index in [4.69, 9.17) is 14.6 Å². The number of aliphatic hydroxyl groups is 2. The Balaban J connectivity index is 0.853. The predicted molar refractivity (Wildman–Crippen MR) is 283 cm³/mol. The molecular formula is C56H66N12O8. The molecule has 2 aromatic carbocycles. The first-order valence-corrected chi connectivity index (χ1v) is 26.9. The highest BCUT2D eigenvalue weighted by molar-refractivity contribution is 6.12. The minimum atomic E-state index is -0.790. The second-order valence-electron chi connectivity index (χ2n) is 22.6. The van der Waals surface area contributed by atoms with Crippen molar-refractivity contribution >= 4 is 57.7 Å². The number of ether oxygens (including phenoxy) is 2. The third-order valence-corrected chi connectivity index (χ3v) is 17.1. The lowest BCUT2D eigenvalue weighted by Crippen LogP contribution is -2.42. The van der Waals surface area contributed by atoms with Gasteiger partial charge in [-0.05, 0) is 138 Å². The van der Waals surface area contributed by atoms with Crippen molar-refractivity contribution < 1.29 is 38.9 Å². The van der Waals surface area contributed by atoms with Crippen LogP contribution in [0, 0.1) is 11.8 Å². The number of benzene rings is 2. The molecule has 398 valence electrons. The molecule has 12 rings (SSSR count). The maximum Gasteiger partial charge on any atom is 0.261 e. The van der Waals surface area contributed by atoms with Crippen LogP contribution in [0.25, 0.3) is 11.3 Å². The predicted octanol–water partition coefficient (Wildman–Crippen LogP) is 6.26. The van der Waals surface area contributed by atoms with E-state index in [9.17, 15) is 24.6 Å². The van der Waals surface area contributed by atoms with Gasteiger partial charge in [0.1, 0.15) is 22.9 Å². The van der Waals surface area contributed by atoms with E-state index in [0.717, 1.165) is 68.2 Å². The van der Waals surface area contributed by atoms with Crippen LogP contribution in [0.2, 0.25) is 0 Å². The molecule has 4 amide bonds. The molecule has 2 saturated heterocycles. The second-order valence-corrected chi connectivity index (χ2v) is 22.6. The molecule has 2 aliphatic carbocycles. The summed E-state index contributed by atoms with van der Waals surface area (Å²) in [6.07, 6.45) is 13.9. The van der Waals surface area contributed by atoms with E-state index < -0.39 is 29.1 Å². The standard InChI is InChI=1S/C56H66N12O8/c1-55(2,73)35-7-11-37(12-8-35)65-30-33-25-42(44(27-39(33)53(65)71)63-19-22-75-23-20-63)61-52(70)47-48(62-68-18-6-16-58-50(47)68)46-32-64(21-24-76-46)45-28-40-34(31-66(54(40)72)38-13-9-36(10-14-38)56(3,4)74)26-43(45)60-51(69)41-29-59-67-17-5-15-57-49(41)67/h5-6,15-18,25-29,35-38,46,73-74H,7-14,19-24,30-32H2,1-4H3,(H,60,69)(H,61,70). The monoisotopic (exact) mass is 1030 g/mol. The van der Waals surface area contributed by atoms with Crippen LogP contribution >= 0.6 is 0 Å². The van der Waals surface area contributed by atoms with Crippen molar-refractivity contribution in [2.45, 2.75) is 122 Å². The fourth-order valence-corrected chi connectivity index (χ4v) is 12.8. The Labute approximate surface area is 440 Å². The van der Waals surface area contributed by atoms with Gasteiger partial charge in [0.25, 0.3) is 23.6 Å². The van der Waals surface area contributed by atoms with Crippen LogP contribution in [0.15, 0.2) is 67.4 Å². The molecule has 4 fully saturated rings. The molecule has 0 spiro atoms. The number of aromatic nitrogens is 6. The Kier molecular flexibility index (Phi) is 12.8. The van der Waals surface area contributed by atoms with Gasteiger partial charge in [-0.15, -0.1) is 0 Å². The molecule has 6 aromatic rings. The van der Waals surface area contributed by atoms with E-state index in [1.165, 1.54) is 6.20 Å². The van der Waals surface area contributed by atoms with E-state index in [0.29, 0.717) is 91.1 Å². The van der Waals surface area contributed by atoms with E-state index in [1.54, 1.807) is 46.0 Å². The van der Waals surface area contributed by atoms with E-state index in [-0.39, 0.29) is 60.0 Å². The molecule has 4 aliphatic heterocycles. The van der Waals surface area contributed by atoms with Crippen molar-refractivity contribution in [2.75, 3.05) is 66.4 Å². The van der Waals surface area contributed by atoms with Crippen molar-refractivity contribution in [3.05, 3.63) is 106 Å². The summed E-state index contributed by atoms with van der Waals surface area (Å²) in [6, 6.07) is 11.2. The van der Waals surface area contributed by atoms with E-state index in [2.05, 4.69) is 35.5 Å². The zero-order chi connectivity index (χ0) is 52.6. The molecule has 0 bridgehead atoms. The number of rotatable bonds is 11. The third-order valence-electron chi connectivity index (χ3n) is 17.1. The van der Waals surface area contributed by atoms with Crippen molar-refractivity contribution in [1.29, 1.82) is 0 Å². The van der Waals surface area contributed by atoms with Crippen LogP contribution in [-0.2, 0) is 22.6 Å². The number of morpholine rings is 2. The molecule has 8 heterocycles. The first-order valence-electron chi connectivity index (χ1n) is 26.9. The maximum atomic E-state index is 15.2. The highest BCUT2D eigenvalue weighted by Gasteiger charge is 2.42. The van der Waals surface area contributed by atoms with Gasteiger partial charge in [0.05, 0.1) is 66.5 Å². The Morgan fingerprint density at radius 1 is 0.658 bits per heavy atom. The number of carbonyl (C=O) groups is 4. The Hall–Kier alpha value is -7.00. The Bertz CT molecular complexity index is 3250. The number of carbonyl (C=O) groups excluding carboxylic acids is 4. The average Bonchev–Trinajstić information content (AvgIpc) is 4.21. The lowest BCUT2D eigenvalue weighted by molar-refractivity contribution is -0.0113. The minimum absolute atomic E-state index is 0.0145. The van der Waals surface area contributed by atoms with Gasteiger partial charge in [-0.1, -0.05) is 0 Å².